The Bertz CT molecular complexity index is 225. The monoisotopic (exact) mass is 227 g/mol. The van der Waals surface area contributed by atoms with Gasteiger partial charge in [0, 0.05) is 6.54 Å². The van der Waals surface area contributed by atoms with Crippen LogP contribution >= 0.6 is 0 Å². The van der Waals surface area contributed by atoms with Crippen LogP contribution in [0.2, 0.25) is 0 Å². The third kappa shape index (κ3) is 5.38. The van der Waals surface area contributed by atoms with Crippen molar-refractivity contribution in [3.63, 3.8) is 0 Å². The number of rotatable bonds is 2. The SMILES string of the molecule is CC1CCC(CNC(=O)OC(C)(C)C)CC1. The molecule has 1 rings (SSSR count). The Balaban J connectivity index is 2.17. The lowest BCUT2D eigenvalue weighted by Gasteiger charge is -2.27. The standard InChI is InChI=1S/C13H25NO2/c1-10-5-7-11(8-6-10)9-14-12(15)16-13(2,3)4/h10-11H,5-9H2,1-4H3,(H,14,15). The first-order valence-corrected chi connectivity index (χ1v) is 6.33. The Morgan fingerprint density at radius 1 is 1.25 bits per heavy atom. The van der Waals surface area contributed by atoms with Crippen molar-refractivity contribution in [2.45, 2.75) is 59.0 Å². The Labute approximate surface area is 98.9 Å². The summed E-state index contributed by atoms with van der Waals surface area (Å²) in [6, 6.07) is 0. The maximum atomic E-state index is 11.4. The second kappa shape index (κ2) is 5.55. The van der Waals surface area contributed by atoms with E-state index < -0.39 is 5.60 Å². The van der Waals surface area contributed by atoms with Gasteiger partial charge < -0.3 is 10.1 Å². The smallest absolute Gasteiger partial charge is 0.407 e. The lowest BCUT2D eigenvalue weighted by molar-refractivity contribution is 0.0514. The molecule has 0 atom stereocenters. The largest absolute Gasteiger partial charge is 0.444 e. The predicted molar refractivity (Wildman–Crippen MR) is 65.4 cm³/mol. The zero-order valence-corrected chi connectivity index (χ0v) is 11.0. The fourth-order valence-electron chi connectivity index (χ4n) is 2.08. The van der Waals surface area contributed by atoms with E-state index in [1.54, 1.807) is 0 Å². The Hall–Kier alpha value is -0.730. The van der Waals surface area contributed by atoms with Crippen LogP contribution < -0.4 is 5.32 Å². The molecule has 3 nitrogen and oxygen atoms in total. The highest BCUT2D eigenvalue weighted by Crippen LogP contribution is 2.27. The van der Waals surface area contributed by atoms with Crippen LogP contribution in [0.5, 0.6) is 0 Å². The molecule has 94 valence electrons. The summed E-state index contributed by atoms with van der Waals surface area (Å²) in [6.07, 6.45) is 4.76. The summed E-state index contributed by atoms with van der Waals surface area (Å²) in [4.78, 5) is 11.4. The maximum absolute atomic E-state index is 11.4. The van der Waals surface area contributed by atoms with Gasteiger partial charge in [0.05, 0.1) is 0 Å². The molecule has 0 aromatic carbocycles. The number of ether oxygens (including phenoxy) is 1. The van der Waals surface area contributed by atoms with Crippen molar-refractivity contribution in [3.05, 3.63) is 0 Å². The average molecular weight is 227 g/mol. The number of amides is 1. The minimum absolute atomic E-state index is 0.286. The van der Waals surface area contributed by atoms with E-state index in [-0.39, 0.29) is 6.09 Å². The molecule has 1 aliphatic rings. The van der Waals surface area contributed by atoms with Crippen LogP contribution in [0.4, 0.5) is 4.79 Å². The zero-order valence-electron chi connectivity index (χ0n) is 11.0. The van der Waals surface area contributed by atoms with Gasteiger partial charge >= 0.3 is 6.09 Å². The molecule has 0 saturated heterocycles. The van der Waals surface area contributed by atoms with Gasteiger partial charge in [0.2, 0.25) is 0 Å². The van der Waals surface area contributed by atoms with Crippen LogP contribution in [-0.2, 0) is 4.74 Å². The number of carbonyl (C=O) groups is 1. The molecule has 0 aromatic rings. The van der Waals surface area contributed by atoms with Gasteiger partial charge in [-0.1, -0.05) is 19.8 Å². The predicted octanol–water partition coefficient (Wildman–Crippen LogP) is 3.34. The lowest BCUT2D eigenvalue weighted by Crippen LogP contribution is -2.36. The van der Waals surface area contributed by atoms with Crippen LogP contribution in [0, 0.1) is 11.8 Å². The van der Waals surface area contributed by atoms with Crippen LogP contribution in [0.25, 0.3) is 0 Å². The second-order valence-electron chi connectivity index (χ2n) is 6.01. The Morgan fingerprint density at radius 3 is 2.31 bits per heavy atom. The fourth-order valence-corrected chi connectivity index (χ4v) is 2.08. The molecule has 0 unspecified atom stereocenters. The van der Waals surface area contributed by atoms with Crippen molar-refractivity contribution in [1.29, 1.82) is 0 Å². The van der Waals surface area contributed by atoms with Crippen LogP contribution in [0.3, 0.4) is 0 Å². The number of hydrogen-bond donors (Lipinski definition) is 1. The van der Waals surface area contributed by atoms with Crippen molar-refractivity contribution in [2.24, 2.45) is 11.8 Å². The molecule has 0 spiro atoms. The summed E-state index contributed by atoms with van der Waals surface area (Å²) in [5, 5.41) is 2.86. The van der Waals surface area contributed by atoms with E-state index in [9.17, 15) is 4.79 Å². The molecule has 3 heteroatoms. The quantitative estimate of drug-likeness (QED) is 0.785. The van der Waals surface area contributed by atoms with Crippen molar-refractivity contribution in [2.75, 3.05) is 6.54 Å². The molecule has 0 aliphatic heterocycles. The van der Waals surface area contributed by atoms with E-state index in [1.165, 1.54) is 25.7 Å². The van der Waals surface area contributed by atoms with Gasteiger partial charge in [-0.3, -0.25) is 0 Å². The first kappa shape index (κ1) is 13.3. The van der Waals surface area contributed by atoms with E-state index in [1.807, 2.05) is 20.8 Å². The molecule has 1 fully saturated rings. The summed E-state index contributed by atoms with van der Waals surface area (Å²) in [7, 11) is 0. The molecule has 0 heterocycles. The van der Waals surface area contributed by atoms with Crippen LogP contribution in [-0.4, -0.2) is 18.2 Å². The fraction of sp³-hybridized carbons (Fsp3) is 0.923. The molecular weight excluding hydrogens is 202 g/mol. The maximum Gasteiger partial charge on any atom is 0.407 e. The Morgan fingerprint density at radius 2 is 1.81 bits per heavy atom. The van der Waals surface area contributed by atoms with Crippen molar-refractivity contribution < 1.29 is 9.53 Å². The number of nitrogens with one attached hydrogen (secondary N) is 1. The molecule has 0 aromatic heterocycles. The van der Waals surface area contributed by atoms with Crippen LogP contribution in [0.1, 0.15) is 53.4 Å². The lowest BCUT2D eigenvalue weighted by atomic mass is 9.83. The van der Waals surface area contributed by atoms with Crippen LogP contribution in [0.15, 0.2) is 0 Å². The molecule has 1 aliphatic carbocycles. The second-order valence-corrected chi connectivity index (χ2v) is 6.01. The summed E-state index contributed by atoms with van der Waals surface area (Å²) >= 11 is 0. The number of carbonyl (C=O) groups excluding carboxylic acids is 1. The third-order valence-electron chi connectivity index (χ3n) is 3.07. The summed E-state index contributed by atoms with van der Waals surface area (Å²) < 4.78 is 5.20. The van der Waals surface area contributed by atoms with E-state index in [0.717, 1.165) is 12.5 Å². The minimum atomic E-state index is -0.398. The summed E-state index contributed by atoms with van der Waals surface area (Å²) in [5.74, 6) is 1.50. The molecule has 0 bridgehead atoms. The van der Waals surface area contributed by atoms with Gasteiger partial charge in [0.1, 0.15) is 5.60 Å². The van der Waals surface area contributed by atoms with Gasteiger partial charge in [-0.25, -0.2) is 4.79 Å². The highest BCUT2D eigenvalue weighted by atomic mass is 16.6. The van der Waals surface area contributed by atoms with E-state index in [2.05, 4.69) is 12.2 Å². The van der Waals surface area contributed by atoms with Crippen molar-refractivity contribution in [1.82, 2.24) is 5.32 Å². The normalized spacial score (nSPS) is 26.2. The molecule has 1 saturated carbocycles. The summed E-state index contributed by atoms with van der Waals surface area (Å²) in [5.41, 5.74) is -0.398. The van der Waals surface area contributed by atoms with E-state index in [4.69, 9.17) is 4.74 Å². The number of alkyl carbamates (subject to hydrolysis) is 1. The van der Waals surface area contributed by atoms with Gasteiger partial charge in [0.25, 0.3) is 0 Å². The Kier molecular flexibility index (Phi) is 4.63. The van der Waals surface area contributed by atoms with Crippen molar-refractivity contribution >= 4 is 6.09 Å². The molecule has 0 radical (unpaired) electrons. The number of hydrogen-bond acceptors (Lipinski definition) is 2. The topological polar surface area (TPSA) is 38.3 Å². The molecular formula is C13H25NO2. The molecule has 1 N–H and O–H groups in total. The highest BCUT2D eigenvalue weighted by molar-refractivity contribution is 5.67. The van der Waals surface area contributed by atoms with Gasteiger partial charge in [-0.15, -0.1) is 0 Å². The minimum Gasteiger partial charge on any atom is -0.444 e. The first-order chi connectivity index (χ1) is 7.37. The third-order valence-corrected chi connectivity index (χ3v) is 3.07. The van der Waals surface area contributed by atoms with E-state index >= 15 is 0 Å². The molecule has 16 heavy (non-hydrogen) atoms. The zero-order chi connectivity index (χ0) is 12.2. The highest BCUT2D eigenvalue weighted by Gasteiger charge is 2.20. The first-order valence-electron chi connectivity index (χ1n) is 6.33. The van der Waals surface area contributed by atoms with Crippen molar-refractivity contribution in [3.8, 4) is 0 Å². The van der Waals surface area contributed by atoms with Gasteiger partial charge in [0.15, 0.2) is 0 Å². The molecule has 1 amide bonds. The van der Waals surface area contributed by atoms with Gasteiger partial charge in [-0.05, 0) is 45.4 Å². The van der Waals surface area contributed by atoms with Gasteiger partial charge in [-0.2, -0.15) is 0 Å². The summed E-state index contributed by atoms with van der Waals surface area (Å²) in [6.45, 7) is 8.72. The van der Waals surface area contributed by atoms with E-state index in [0.29, 0.717) is 5.92 Å². The average Bonchev–Trinajstić information content (AvgIpc) is 2.14.